The largest absolute Gasteiger partial charge is 0.301 e. The van der Waals surface area contributed by atoms with Crippen molar-refractivity contribution in [2.45, 2.75) is 29.5 Å². The fourth-order valence-electron chi connectivity index (χ4n) is 4.07. The van der Waals surface area contributed by atoms with E-state index in [4.69, 9.17) is 0 Å². The van der Waals surface area contributed by atoms with Gasteiger partial charge in [0.2, 0.25) is 5.91 Å². The molecule has 164 valence electrons. The summed E-state index contributed by atoms with van der Waals surface area (Å²) in [5.41, 5.74) is 1.79. The van der Waals surface area contributed by atoms with Crippen LogP contribution in [0.25, 0.3) is 22.0 Å². The summed E-state index contributed by atoms with van der Waals surface area (Å²) in [7, 11) is -3.69. The number of sulfonamides is 1. The van der Waals surface area contributed by atoms with Gasteiger partial charge in [0.15, 0.2) is 5.13 Å². The molecule has 9 heteroatoms. The number of piperidine rings is 1. The Labute approximate surface area is 194 Å². The van der Waals surface area contributed by atoms with Crippen molar-refractivity contribution in [1.29, 1.82) is 0 Å². The normalized spacial score (nSPS) is 17.4. The van der Waals surface area contributed by atoms with Crippen molar-refractivity contribution in [3.05, 3.63) is 65.4 Å². The number of carbonyl (C=O) groups excluding carboxylic acids is 1. The lowest BCUT2D eigenvalue weighted by atomic mass is 10.0. The van der Waals surface area contributed by atoms with Crippen LogP contribution in [-0.4, -0.2) is 36.2 Å². The molecule has 1 fully saturated rings. The number of carbonyl (C=O) groups is 1. The molecule has 5 rings (SSSR count). The Morgan fingerprint density at radius 1 is 1.03 bits per heavy atom. The third-order valence-corrected chi connectivity index (χ3v) is 9.65. The summed E-state index contributed by atoms with van der Waals surface area (Å²) in [5.74, 6) is -0.330. The molecule has 0 bridgehead atoms. The molecule has 0 radical (unpaired) electrons. The zero-order valence-electron chi connectivity index (χ0n) is 17.1. The molecule has 1 aliphatic heterocycles. The van der Waals surface area contributed by atoms with Crippen molar-refractivity contribution < 1.29 is 13.2 Å². The summed E-state index contributed by atoms with van der Waals surface area (Å²) >= 11 is 2.51. The molecule has 1 saturated heterocycles. The number of fused-ring (bicyclic) bond motifs is 1. The predicted molar refractivity (Wildman–Crippen MR) is 130 cm³/mol. The number of thiophene rings is 1. The van der Waals surface area contributed by atoms with Gasteiger partial charge in [0.1, 0.15) is 10.3 Å². The van der Waals surface area contributed by atoms with Crippen LogP contribution in [0.4, 0.5) is 5.13 Å². The van der Waals surface area contributed by atoms with E-state index in [0.717, 1.165) is 34.9 Å². The van der Waals surface area contributed by atoms with Crippen LogP contribution in [0.5, 0.6) is 0 Å². The first-order valence-corrected chi connectivity index (χ1v) is 13.5. The van der Waals surface area contributed by atoms with Crippen molar-refractivity contribution >= 4 is 54.5 Å². The zero-order chi connectivity index (χ0) is 22.1. The third-order valence-electron chi connectivity index (χ3n) is 5.61. The van der Waals surface area contributed by atoms with Crippen molar-refractivity contribution in [3.63, 3.8) is 0 Å². The number of nitrogens with zero attached hydrogens (tertiary/aromatic N) is 2. The Morgan fingerprint density at radius 2 is 1.88 bits per heavy atom. The summed E-state index contributed by atoms with van der Waals surface area (Å²) in [6.45, 7) is 0.345. The number of rotatable bonds is 5. The molecule has 1 amide bonds. The zero-order valence-corrected chi connectivity index (χ0v) is 19.6. The van der Waals surface area contributed by atoms with E-state index < -0.39 is 16.1 Å². The van der Waals surface area contributed by atoms with E-state index in [2.05, 4.69) is 28.5 Å². The van der Waals surface area contributed by atoms with E-state index in [9.17, 15) is 13.2 Å². The lowest BCUT2D eigenvalue weighted by molar-refractivity contribution is -0.120. The quantitative estimate of drug-likeness (QED) is 0.423. The fraction of sp³-hybridized carbons (Fsp3) is 0.217. The van der Waals surface area contributed by atoms with E-state index in [0.29, 0.717) is 18.1 Å². The first kappa shape index (κ1) is 21.3. The maximum Gasteiger partial charge on any atom is 0.253 e. The Hall–Kier alpha value is -2.59. The maximum atomic E-state index is 13.1. The lowest BCUT2D eigenvalue weighted by Crippen LogP contribution is -2.49. The van der Waals surface area contributed by atoms with Gasteiger partial charge >= 0.3 is 0 Å². The molecule has 0 aliphatic carbocycles. The molecule has 4 aromatic rings. The Morgan fingerprint density at radius 3 is 2.72 bits per heavy atom. The van der Waals surface area contributed by atoms with Gasteiger partial charge in [-0.3, -0.25) is 4.79 Å². The van der Waals surface area contributed by atoms with Crippen LogP contribution in [0.3, 0.4) is 0 Å². The molecule has 32 heavy (non-hydrogen) atoms. The van der Waals surface area contributed by atoms with Crippen LogP contribution in [0, 0.1) is 0 Å². The van der Waals surface area contributed by atoms with Crippen LogP contribution in [0.2, 0.25) is 0 Å². The first-order valence-electron chi connectivity index (χ1n) is 10.3. The van der Waals surface area contributed by atoms with Gasteiger partial charge in [-0.2, -0.15) is 4.31 Å². The fourth-order valence-corrected chi connectivity index (χ4v) is 7.56. The van der Waals surface area contributed by atoms with E-state index in [1.54, 1.807) is 17.5 Å². The highest BCUT2D eigenvalue weighted by atomic mass is 32.2. The van der Waals surface area contributed by atoms with Crippen LogP contribution < -0.4 is 5.32 Å². The van der Waals surface area contributed by atoms with Gasteiger partial charge in [0, 0.05) is 17.5 Å². The molecule has 2 aromatic heterocycles. The Kier molecular flexibility index (Phi) is 5.81. The first-order chi connectivity index (χ1) is 15.5. The smallest absolute Gasteiger partial charge is 0.253 e. The molecule has 1 atom stereocenters. The summed E-state index contributed by atoms with van der Waals surface area (Å²) in [4.78, 5) is 17.7. The molecule has 1 aliphatic rings. The minimum atomic E-state index is -3.69. The molecule has 1 N–H and O–H groups in total. The summed E-state index contributed by atoms with van der Waals surface area (Å²) < 4.78 is 27.8. The van der Waals surface area contributed by atoms with Gasteiger partial charge in [-0.1, -0.05) is 55.0 Å². The maximum absolute atomic E-state index is 13.1. The standard InChI is InChI=1S/C23H21N3O3S3/c27-22(20-11-3-4-13-26(20)32(28,29)21-12-6-14-30-21)25-23-24-19(15-31-23)18-10-5-8-16-7-1-2-9-17(16)18/h1-2,5-10,12,14-15,20H,3-4,11,13H2,(H,24,25,27). The molecular weight excluding hydrogens is 462 g/mol. The minimum absolute atomic E-state index is 0.268. The molecular formula is C23H21N3O3S3. The molecule has 6 nitrogen and oxygen atoms in total. The number of hydrogen-bond acceptors (Lipinski definition) is 6. The number of benzene rings is 2. The van der Waals surface area contributed by atoms with Crippen LogP contribution in [0.1, 0.15) is 19.3 Å². The average Bonchev–Trinajstić information content (AvgIpc) is 3.52. The Bertz CT molecular complexity index is 1360. The molecule has 3 heterocycles. The predicted octanol–water partition coefficient (Wildman–Crippen LogP) is 5.21. The van der Waals surface area contributed by atoms with Crippen molar-refractivity contribution in [2.75, 3.05) is 11.9 Å². The number of hydrogen-bond donors (Lipinski definition) is 1. The van der Waals surface area contributed by atoms with Gasteiger partial charge in [0.05, 0.1) is 5.69 Å². The van der Waals surface area contributed by atoms with Gasteiger partial charge in [-0.05, 0) is 35.1 Å². The highest BCUT2D eigenvalue weighted by Crippen LogP contribution is 2.32. The van der Waals surface area contributed by atoms with Gasteiger partial charge in [-0.15, -0.1) is 22.7 Å². The van der Waals surface area contributed by atoms with Gasteiger partial charge in [0.25, 0.3) is 10.0 Å². The molecule has 1 unspecified atom stereocenters. The molecule has 0 saturated carbocycles. The van der Waals surface area contributed by atoms with Crippen LogP contribution in [0.15, 0.2) is 69.6 Å². The second kappa shape index (κ2) is 8.74. The summed E-state index contributed by atoms with van der Waals surface area (Å²) in [5, 5.41) is 9.20. The third kappa shape index (κ3) is 3.97. The highest BCUT2D eigenvalue weighted by Gasteiger charge is 2.38. The topological polar surface area (TPSA) is 79.4 Å². The van der Waals surface area contributed by atoms with Crippen LogP contribution in [-0.2, 0) is 14.8 Å². The van der Waals surface area contributed by atoms with Gasteiger partial charge in [-0.25, -0.2) is 13.4 Å². The molecule has 2 aromatic carbocycles. The average molecular weight is 484 g/mol. The van der Waals surface area contributed by atoms with E-state index in [-0.39, 0.29) is 10.1 Å². The number of thiazole rings is 1. The summed E-state index contributed by atoms with van der Waals surface area (Å²) in [6, 6.07) is 16.7. The number of amides is 1. The Balaban J connectivity index is 1.38. The number of nitrogens with one attached hydrogen (secondary N) is 1. The van der Waals surface area contributed by atoms with Crippen molar-refractivity contribution in [3.8, 4) is 11.3 Å². The summed E-state index contributed by atoms with van der Waals surface area (Å²) in [6.07, 6.45) is 2.06. The van der Waals surface area contributed by atoms with Crippen molar-refractivity contribution in [2.24, 2.45) is 0 Å². The number of aromatic nitrogens is 1. The van der Waals surface area contributed by atoms with Crippen molar-refractivity contribution in [1.82, 2.24) is 9.29 Å². The van der Waals surface area contributed by atoms with E-state index >= 15 is 0 Å². The lowest BCUT2D eigenvalue weighted by Gasteiger charge is -2.32. The molecule has 0 spiro atoms. The van der Waals surface area contributed by atoms with Crippen LogP contribution >= 0.6 is 22.7 Å². The second-order valence-corrected chi connectivity index (χ2v) is 11.5. The minimum Gasteiger partial charge on any atom is -0.301 e. The SMILES string of the molecule is O=C(Nc1nc(-c2cccc3ccccc23)cs1)C1CCCCN1S(=O)(=O)c1cccs1. The monoisotopic (exact) mass is 483 g/mol. The van der Waals surface area contributed by atoms with E-state index in [1.807, 2.05) is 29.6 Å². The second-order valence-electron chi connectivity index (χ2n) is 7.61. The van der Waals surface area contributed by atoms with Gasteiger partial charge < -0.3 is 5.32 Å². The van der Waals surface area contributed by atoms with E-state index in [1.165, 1.54) is 27.0 Å². The number of anilines is 1. The highest BCUT2D eigenvalue weighted by molar-refractivity contribution is 7.91.